The van der Waals surface area contributed by atoms with Gasteiger partial charge in [-0.05, 0) is 35.3 Å². The van der Waals surface area contributed by atoms with Crippen LogP contribution in [0.2, 0.25) is 0 Å². The lowest BCUT2D eigenvalue weighted by Gasteiger charge is -2.35. The maximum atomic E-state index is 10.4. The molecule has 0 amide bonds. The van der Waals surface area contributed by atoms with Crippen LogP contribution >= 0.6 is 0 Å². The Morgan fingerprint density at radius 2 is 1.42 bits per heavy atom. The van der Waals surface area contributed by atoms with Gasteiger partial charge in [-0.2, -0.15) is 0 Å². The molecule has 0 aliphatic heterocycles. The van der Waals surface area contributed by atoms with Crippen molar-refractivity contribution in [3.8, 4) is 5.75 Å². The van der Waals surface area contributed by atoms with Crippen LogP contribution < -0.4 is 0 Å². The molecule has 0 heterocycles. The van der Waals surface area contributed by atoms with Crippen LogP contribution in [0.5, 0.6) is 5.75 Å². The van der Waals surface area contributed by atoms with Crippen molar-refractivity contribution >= 4 is 0 Å². The average molecular weight is 262 g/mol. The van der Waals surface area contributed by atoms with E-state index in [9.17, 15) is 5.11 Å². The van der Waals surface area contributed by atoms with E-state index < -0.39 is 0 Å². The van der Waals surface area contributed by atoms with Gasteiger partial charge >= 0.3 is 0 Å². The monoisotopic (exact) mass is 262 g/mol. The first-order valence-electron chi connectivity index (χ1n) is 7.59. The highest BCUT2D eigenvalue weighted by atomic mass is 16.3. The van der Waals surface area contributed by atoms with Crippen LogP contribution in [0.3, 0.4) is 0 Å². The fourth-order valence-corrected chi connectivity index (χ4v) is 3.33. The second-order valence-corrected chi connectivity index (χ2v) is 6.97. The van der Waals surface area contributed by atoms with Gasteiger partial charge in [-0.3, -0.25) is 0 Å². The Morgan fingerprint density at radius 3 is 1.95 bits per heavy atom. The van der Waals surface area contributed by atoms with Crippen molar-refractivity contribution in [3.05, 3.63) is 29.3 Å². The minimum absolute atomic E-state index is 0.0282. The van der Waals surface area contributed by atoms with E-state index in [-0.39, 0.29) is 10.8 Å². The summed E-state index contributed by atoms with van der Waals surface area (Å²) in [5.41, 5.74) is 2.61. The smallest absolute Gasteiger partial charge is 0.119 e. The molecular weight excluding hydrogens is 232 g/mol. The van der Waals surface area contributed by atoms with E-state index in [1.54, 1.807) is 0 Å². The van der Waals surface area contributed by atoms with E-state index in [0.717, 1.165) is 31.2 Å². The van der Waals surface area contributed by atoms with Gasteiger partial charge < -0.3 is 5.11 Å². The number of phenolic OH excluding ortho intramolecular Hbond substituents is 1. The Hall–Kier alpha value is -0.980. The summed E-state index contributed by atoms with van der Waals surface area (Å²) in [4.78, 5) is 0. The standard InChI is InChI=1S/C18H30O/c1-7-12-17(3,4)14-10-9-11-15(19)16(14)18(5,6)13-8-2/h9-11,19H,7-8,12-13H2,1-6H3. The molecule has 108 valence electrons. The van der Waals surface area contributed by atoms with Gasteiger partial charge in [-0.1, -0.05) is 66.5 Å². The van der Waals surface area contributed by atoms with Crippen LogP contribution in [0.15, 0.2) is 18.2 Å². The molecule has 1 nitrogen and oxygen atoms in total. The third-order valence-electron chi connectivity index (χ3n) is 4.20. The van der Waals surface area contributed by atoms with Crippen molar-refractivity contribution in [1.82, 2.24) is 0 Å². The molecule has 0 fully saturated rings. The number of aromatic hydroxyl groups is 1. The largest absolute Gasteiger partial charge is 0.508 e. The van der Waals surface area contributed by atoms with Gasteiger partial charge in [0.05, 0.1) is 0 Å². The molecule has 0 atom stereocenters. The van der Waals surface area contributed by atoms with Crippen LogP contribution in [0, 0.1) is 0 Å². The summed E-state index contributed by atoms with van der Waals surface area (Å²) in [6.45, 7) is 13.5. The summed E-state index contributed by atoms with van der Waals surface area (Å²) in [6.07, 6.45) is 4.54. The molecule has 1 heteroatoms. The first kappa shape index (κ1) is 16.1. The first-order valence-corrected chi connectivity index (χ1v) is 7.59. The van der Waals surface area contributed by atoms with Gasteiger partial charge in [0.1, 0.15) is 5.75 Å². The Bertz CT molecular complexity index is 416. The Balaban J connectivity index is 3.38. The molecule has 0 unspecified atom stereocenters. The third kappa shape index (κ3) is 3.52. The van der Waals surface area contributed by atoms with Gasteiger partial charge in [-0.25, -0.2) is 0 Å². The van der Waals surface area contributed by atoms with Gasteiger partial charge in [0.15, 0.2) is 0 Å². The van der Waals surface area contributed by atoms with Crippen molar-refractivity contribution in [2.24, 2.45) is 0 Å². The van der Waals surface area contributed by atoms with Crippen LogP contribution in [0.4, 0.5) is 0 Å². The molecule has 1 N–H and O–H groups in total. The van der Waals surface area contributed by atoms with Gasteiger partial charge in [0.2, 0.25) is 0 Å². The fourth-order valence-electron chi connectivity index (χ4n) is 3.33. The molecular formula is C18H30O. The first-order chi connectivity index (χ1) is 8.76. The minimum atomic E-state index is 0.0282. The maximum absolute atomic E-state index is 10.4. The van der Waals surface area contributed by atoms with Crippen molar-refractivity contribution in [3.63, 3.8) is 0 Å². The zero-order chi connectivity index (χ0) is 14.7. The molecule has 1 rings (SSSR count). The molecule has 19 heavy (non-hydrogen) atoms. The minimum Gasteiger partial charge on any atom is -0.508 e. The molecule has 1 aromatic rings. The lowest BCUT2D eigenvalue weighted by atomic mass is 9.70. The highest BCUT2D eigenvalue weighted by Gasteiger charge is 2.31. The van der Waals surface area contributed by atoms with Gasteiger partial charge in [-0.15, -0.1) is 0 Å². The Morgan fingerprint density at radius 1 is 0.895 bits per heavy atom. The third-order valence-corrected chi connectivity index (χ3v) is 4.20. The van der Waals surface area contributed by atoms with E-state index >= 15 is 0 Å². The summed E-state index contributed by atoms with van der Waals surface area (Å²) < 4.78 is 0. The summed E-state index contributed by atoms with van der Waals surface area (Å²) in [5, 5.41) is 10.4. The average Bonchev–Trinajstić information content (AvgIpc) is 2.28. The molecule has 0 aliphatic rings. The lowest BCUT2D eigenvalue weighted by Crippen LogP contribution is -2.26. The van der Waals surface area contributed by atoms with E-state index in [1.165, 1.54) is 5.56 Å². The zero-order valence-electron chi connectivity index (χ0n) is 13.5. The van der Waals surface area contributed by atoms with Gasteiger partial charge in [0, 0.05) is 5.56 Å². The fraction of sp³-hybridized carbons (Fsp3) is 0.667. The second-order valence-electron chi connectivity index (χ2n) is 6.97. The van der Waals surface area contributed by atoms with E-state index in [2.05, 4.69) is 47.6 Å². The number of hydrogen-bond acceptors (Lipinski definition) is 1. The molecule has 0 radical (unpaired) electrons. The van der Waals surface area contributed by atoms with Crippen LogP contribution in [0.25, 0.3) is 0 Å². The van der Waals surface area contributed by atoms with Crippen molar-refractivity contribution < 1.29 is 5.11 Å². The molecule has 0 saturated carbocycles. The number of phenols is 1. The van der Waals surface area contributed by atoms with Crippen LogP contribution in [-0.2, 0) is 10.8 Å². The van der Waals surface area contributed by atoms with Crippen LogP contribution in [0.1, 0.15) is 78.4 Å². The second kappa shape index (κ2) is 5.98. The van der Waals surface area contributed by atoms with Gasteiger partial charge in [0.25, 0.3) is 0 Å². The lowest BCUT2D eigenvalue weighted by molar-refractivity contribution is 0.393. The van der Waals surface area contributed by atoms with E-state index in [4.69, 9.17) is 0 Å². The molecule has 0 bridgehead atoms. The predicted molar refractivity (Wildman–Crippen MR) is 84.0 cm³/mol. The van der Waals surface area contributed by atoms with E-state index in [1.807, 2.05) is 12.1 Å². The molecule has 0 aromatic heterocycles. The summed E-state index contributed by atoms with van der Waals surface area (Å²) >= 11 is 0. The highest BCUT2D eigenvalue weighted by molar-refractivity contribution is 5.47. The predicted octanol–water partition coefficient (Wildman–Crippen LogP) is 5.55. The highest BCUT2D eigenvalue weighted by Crippen LogP contribution is 2.43. The maximum Gasteiger partial charge on any atom is 0.119 e. The quantitative estimate of drug-likeness (QED) is 0.713. The number of rotatable bonds is 6. The Kier molecular flexibility index (Phi) is 5.06. The molecule has 0 spiro atoms. The Labute approximate surface area is 119 Å². The molecule has 1 aromatic carbocycles. The molecule has 0 saturated heterocycles. The van der Waals surface area contributed by atoms with E-state index in [0.29, 0.717) is 5.75 Å². The zero-order valence-corrected chi connectivity index (χ0v) is 13.5. The van der Waals surface area contributed by atoms with Crippen LogP contribution in [-0.4, -0.2) is 5.11 Å². The SMILES string of the molecule is CCCC(C)(C)c1cccc(O)c1C(C)(C)CCC. The van der Waals surface area contributed by atoms with Crippen molar-refractivity contribution in [1.29, 1.82) is 0 Å². The summed E-state index contributed by atoms with van der Waals surface area (Å²) in [5.74, 6) is 0.458. The number of benzene rings is 1. The normalized spacial score (nSPS) is 12.7. The van der Waals surface area contributed by atoms with Crippen molar-refractivity contribution in [2.75, 3.05) is 0 Å². The topological polar surface area (TPSA) is 20.2 Å². The van der Waals surface area contributed by atoms with Crippen molar-refractivity contribution in [2.45, 2.75) is 78.1 Å². The summed E-state index contributed by atoms with van der Waals surface area (Å²) in [7, 11) is 0. The number of hydrogen-bond donors (Lipinski definition) is 1. The molecule has 0 aliphatic carbocycles. The summed E-state index contributed by atoms with van der Waals surface area (Å²) in [6, 6.07) is 6.01.